The maximum atomic E-state index is 12.7. The second-order valence-electron chi connectivity index (χ2n) is 2.17. The Morgan fingerprint density at radius 1 is 1.38 bits per heavy atom. The first-order valence-corrected chi connectivity index (χ1v) is 3.15. The molecule has 0 N–H and O–H groups in total. The molecule has 0 unspecified atom stereocenters. The molecule has 6 heteroatoms. The highest BCUT2D eigenvalue weighted by atomic mass is 19.2. The van der Waals surface area contributed by atoms with Crippen LogP contribution in [0.4, 0.5) is 14.5 Å². The van der Waals surface area contributed by atoms with E-state index in [0.717, 1.165) is 6.07 Å². The van der Waals surface area contributed by atoms with Gasteiger partial charge in [0.25, 0.3) is 5.69 Å². The first-order chi connectivity index (χ1) is 6.07. The van der Waals surface area contributed by atoms with Crippen molar-refractivity contribution in [1.82, 2.24) is 0 Å². The molecule has 0 atom stereocenters. The van der Waals surface area contributed by atoms with Crippen molar-refractivity contribution in [3.05, 3.63) is 39.4 Å². The summed E-state index contributed by atoms with van der Waals surface area (Å²) in [5.41, 5.74) is -1.61. The normalized spacial score (nSPS) is 9.69. The average Bonchev–Trinajstić information content (AvgIpc) is 2.09. The van der Waals surface area contributed by atoms with Gasteiger partial charge >= 0.3 is 0 Å². The predicted molar refractivity (Wildman–Crippen MR) is 38.4 cm³/mol. The zero-order valence-corrected chi connectivity index (χ0v) is 6.16. The van der Waals surface area contributed by atoms with Crippen LogP contribution < -0.4 is 0 Å². The van der Waals surface area contributed by atoms with E-state index in [1.54, 1.807) is 0 Å². The van der Waals surface area contributed by atoms with E-state index < -0.39 is 27.8 Å². The highest BCUT2D eigenvalue weighted by molar-refractivity contribution is 5.81. The van der Waals surface area contributed by atoms with E-state index in [2.05, 4.69) is 0 Å². The maximum Gasteiger partial charge on any atom is 0.283 e. The number of carbonyl (C=O) groups is 1. The van der Waals surface area contributed by atoms with Crippen molar-refractivity contribution in [3.8, 4) is 0 Å². The molecule has 0 heterocycles. The lowest BCUT2D eigenvalue weighted by molar-refractivity contribution is -0.385. The Labute approximate surface area is 70.9 Å². The van der Waals surface area contributed by atoms with Gasteiger partial charge in [-0.3, -0.25) is 14.9 Å². The van der Waals surface area contributed by atoms with Gasteiger partial charge in [-0.05, 0) is 6.07 Å². The molecule has 0 aliphatic carbocycles. The van der Waals surface area contributed by atoms with E-state index in [1.807, 2.05) is 0 Å². The summed E-state index contributed by atoms with van der Waals surface area (Å²) in [4.78, 5) is 19.4. The van der Waals surface area contributed by atoms with E-state index in [9.17, 15) is 23.7 Å². The molecule has 0 amide bonds. The molecule has 13 heavy (non-hydrogen) atoms. The molecular formula is C7H3F2NO3. The number of hydrogen-bond acceptors (Lipinski definition) is 3. The standard InChI is InChI=1S/C7H3F2NO3/c8-5-1-2-6(10(12)13)4(3-11)7(5)9/h1-3H. The minimum atomic E-state index is -1.50. The molecule has 1 rings (SSSR count). The van der Waals surface area contributed by atoms with Crippen molar-refractivity contribution in [2.45, 2.75) is 0 Å². The lowest BCUT2D eigenvalue weighted by Crippen LogP contribution is -1.99. The first-order valence-electron chi connectivity index (χ1n) is 3.15. The Kier molecular flexibility index (Phi) is 2.32. The number of hydrogen-bond donors (Lipinski definition) is 0. The first kappa shape index (κ1) is 9.24. The van der Waals surface area contributed by atoms with Gasteiger partial charge in [-0.15, -0.1) is 0 Å². The van der Waals surface area contributed by atoms with Crippen molar-refractivity contribution >= 4 is 12.0 Å². The Morgan fingerprint density at radius 3 is 2.46 bits per heavy atom. The molecule has 0 spiro atoms. The Bertz CT molecular complexity index is 378. The summed E-state index contributed by atoms with van der Waals surface area (Å²) in [5.74, 6) is -2.78. The van der Waals surface area contributed by atoms with Gasteiger partial charge in [0.05, 0.1) is 4.92 Å². The number of rotatable bonds is 2. The van der Waals surface area contributed by atoms with Gasteiger partial charge in [-0.2, -0.15) is 0 Å². The molecule has 1 aromatic rings. The number of aldehydes is 1. The Balaban J connectivity index is 3.47. The number of carbonyl (C=O) groups excluding carboxylic acids is 1. The van der Waals surface area contributed by atoms with E-state index in [0.29, 0.717) is 6.07 Å². The Morgan fingerprint density at radius 2 is 2.00 bits per heavy atom. The minimum Gasteiger partial charge on any atom is -0.297 e. The predicted octanol–water partition coefficient (Wildman–Crippen LogP) is 1.69. The number of nitro benzene ring substituents is 1. The number of nitro groups is 1. The van der Waals surface area contributed by atoms with Gasteiger partial charge in [0.15, 0.2) is 17.9 Å². The summed E-state index contributed by atoms with van der Waals surface area (Å²) in [7, 11) is 0. The SMILES string of the molecule is O=Cc1c([N+](=O)[O-])ccc(F)c1F. The van der Waals surface area contributed by atoms with Crippen LogP contribution in [0.2, 0.25) is 0 Å². The third kappa shape index (κ3) is 1.51. The molecule has 4 nitrogen and oxygen atoms in total. The minimum absolute atomic E-state index is 0.0868. The monoisotopic (exact) mass is 187 g/mol. The van der Waals surface area contributed by atoms with Gasteiger partial charge in [0.2, 0.25) is 0 Å². The number of nitrogens with zero attached hydrogens (tertiary/aromatic N) is 1. The van der Waals surface area contributed by atoms with Crippen LogP contribution in [-0.4, -0.2) is 11.2 Å². The fourth-order valence-electron chi connectivity index (χ4n) is 0.827. The summed E-state index contributed by atoms with van der Waals surface area (Å²) < 4.78 is 25.2. The second kappa shape index (κ2) is 3.26. The summed E-state index contributed by atoms with van der Waals surface area (Å²) >= 11 is 0. The lowest BCUT2D eigenvalue weighted by Gasteiger charge is -1.97. The number of halogens is 2. The Hall–Kier alpha value is -1.85. The van der Waals surface area contributed by atoms with Crippen LogP contribution in [0.3, 0.4) is 0 Å². The van der Waals surface area contributed by atoms with Gasteiger partial charge in [0.1, 0.15) is 5.56 Å². The molecule has 0 aromatic heterocycles. The van der Waals surface area contributed by atoms with E-state index in [4.69, 9.17) is 0 Å². The third-order valence-corrected chi connectivity index (χ3v) is 1.42. The van der Waals surface area contributed by atoms with E-state index in [-0.39, 0.29) is 6.29 Å². The molecule has 0 aliphatic rings. The van der Waals surface area contributed by atoms with Gasteiger partial charge in [-0.25, -0.2) is 8.78 Å². The summed E-state index contributed by atoms with van der Waals surface area (Å²) in [6.45, 7) is 0. The van der Waals surface area contributed by atoms with Gasteiger partial charge in [0, 0.05) is 6.07 Å². The largest absolute Gasteiger partial charge is 0.297 e. The van der Waals surface area contributed by atoms with Crippen molar-refractivity contribution < 1.29 is 18.5 Å². The van der Waals surface area contributed by atoms with Crippen LogP contribution in [0.5, 0.6) is 0 Å². The molecule has 0 saturated heterocycles. The highest BCUT2D eigenvalue weighted by Crippen LogP contribution is 2.21. The van der Waals surface area contributed by atoms with E-state index >= 15 is 0 Å². The molecule has 0 fully saturated rings. The van der Waals surface area contributed by atoms with Crippen molar-refractivity contribution in [1.29, 1.82) is 0 Å². The van der Waals surface area contributed by atoms with Crippen molar-refractivity contribution in [2.24, 2.45) is 0 Å². The summed E-state index contributed by atoms with van der Waals surface area (Å²) in [6.07, 6.45) is -0.0868. The van der Waals surface area contributed by atoms with Crippen LogP contribution in [-0.2, 0) is 0 Å². The fraction of sp³-hybridized carbons (Fsp3) is 0. The fourth-order valence-corrected chi connectivity index (χ4v) is 0.827. The zero-order valence-electron chi connectivity index (χ0n) is 6.16. The molecule has 0 aliphatic heterocycles. The smallest absolute Gasteiger partial charge is 0.283 e. The molecular weight excluding hydrogens is 184 g/mol. The quantitative estimate of drug-likeness (QED) is 0.402. The second-order valence-corrected chi connectivity index (χ2v) is 2.17. The highest BCUT2D eigenvalue weighted by Gasteiger charge is 2.20. The maximum absolute atomic E-state index is 12.7. The lowest BCUT2D eigenvalue weighted by atomic mass is 10.2. The number of benzene rings is 1. The third-order valence-electron chi connectivity index (χ3n) is 1.42. The van der Waals surface area contributed by atoms with E-state index in [1.165, 1.54) is 0 Å². The molecule has 0 saturated carbocycles. The molecule has 1 aromatic carbocycles. The molecule has 68 valence electrons. The molecule has 0 radical (unpaired) electrons. The summed E-state index contributed by atoms with van der Waals surface area (Å²) in [5, 5.41) is 10.2. The van der Waals surface area contributed by atoms with Crippen LogP contribution >= 0.6 is 0 Å². The van der Waals surface area contributed by atoms with Crippen LogP contribution in [0.25, 0.3) is 0 Å². The van der Waals surface area contributed by atoms with Crippen molar-refractivity contribution in [2.75, 3.05) is 0 Å². The molecule has 0 bridgehead atoms. The summed E-state index contributed by atoms with van der Waals surface area (Å²) in [6, 6.07) is 1.34. The van der Waals surface area contributed by atoms with Crippen LogP contribution in [0.1, 0.15) is 10.4 Å². The topological polar surface area (TPSA) is 60.2 Å². The van der Waals surface area contributed by atoms with Crippen LogP contribution in [0, 0.1) is 21.7 Å². The van der Waals surface area contributed by atoms with Crippen LogP contribution in [0.15, 0.2) is 12.1 Å². The van der Waals surface area contributed by atoms with Crippen molar-refractivity contribution in [3.63, 3.8) is 0 Å². The van der Waals surface area contributed by atoms with Gasteiger partial charge in [-0.1, -0.05) is 0 Å². The average molecular weight is 187 g/mol. The zero-order chi connectivity index (χ0) is 10.0. The van der Waals surface area contributed by atoms with Gasteiger partial charge < -0.3 is 0 Å².